The Bertz CT molecular complexity index is 456. The summed E-state index contributed by atoms with van der Waals surface area (Å²) >= 11 is 5.31. The predicted octanol–water partition coefficient (Wildman–Crippen LogP) is 3.07. The molecule has 1 aliphatic heterocycles. The zero-order chi connectivity index (χ0) is 18.6. The number of ether oxygens (including phenoxy) is 3. The van der Waals surface area contributed by atoms with Crippen LogP contribution >= 0.6 is 11.6 Å². The van der Waals surface area contributed by atoms with Gasteiger partial charge in [0.2, 0.25) is 0 Å². The number of rotatable bonds is 4. The van der Waals surface area contributed by atoms with Crippen LogP contribution in [-0.2, 0) is 19.0 Å². The Hall–Kier alpha value is -1.22. The van der Waals surface area contributed by atoms with Gasteiger partial charge in [0.25, 0.3) is 0 Å². The van der Waals surface area contributed by atoms with Gasteiger partial charge in [0.1, 0.15) is 12.2 Å². The normalized spacial score (nSPS) is 18.2. The van der Waals surface area contributed by atoms with Gasteiger partial charge in [-0.15, -0.1) is 0 Å². The van der Waals surface area contributed by atoms with E-state index in [-0.39, 0.29) is 25.9 Å². The second kappa shape index (κ2) is 7.77. The van der Waals surface area contributed by atoms with Crippen molar-refractivity contribution in [2.45, 2.75) is 51.0 Å². The molecule has 0 radical (unpaired) electrons. The maximum atomic E-state index is 12.4. The zero-order valence-corrected chi connectivity index (χ0v) is 14.5. The average molecular weight is 376 g/mol. The van der Waals surface area contributed by atoms with Gasteiger partial charge in [-0.3, -0.25) is 0 Å². The molecule has 6 nitrogen and oxygen atoms in total. The quantitative estimate of drug-likeness (QED) is 0.558. The number of amides is 1. The summed E-state index contributed by atoms with van der Waals surface area (Å²) in [4.78, 5) is 25.3. The molecule has 10 heteroatoms. The molecule has 24 heavy (non-hydrogen) atoms. The van der Waals surface area contributed by atoms with Gasteiger partial charge in [0.15, 0.2) is 11.7 Å². The molecule has 1 heterocycles. The molecule has 0 spiro atoms. The molecule has 0 unspecified atom stereocenters. The lowest BCUT2D eigenvalue weighted by atomic mass is 9.91. The fraction of sp³-hybridized carbons (Fsp3) is 0.857. The van der Waals surface area contributed by atoms with Crippen LogP contribution in [0.2, 0.25) is 0 Å². The Kier molecular flexibility index (Phi) is 6.75. The molecule has 0 aromatic heterocycles. The molecule has 1 amide bonds. The van der Waals surface area contributed by atoms with Crippen molar-refractivity contribution in [3.63, 3.8) is 0 Å². The third-order valence-corrected chi connectivity index (χ3v) is 3.40. The Morgan fingerprint density at radius 1 is 1.17 bits per heavy atom. The van der Waals surface area contributed by atoms with Crippen molar-refractivity contribution in [1.29, 1.82) is 0 Å². The molecule has 0 aromatic carbocycles. The molecule has 0 N–H and O–H groups in total. The second-order valence-corrected chi connectivity index (χ2v) is 6.62. The van der Waals surface area contributed by atoms with Crippen molar-refractivity contribution >= 4 is 23.7 Å². The number of hydrogen-bond donors (Lipinski definition) is 0. The standard InChI is InChI=1S/C14H21ClF3NO5/c1-12(2,3)24-11(21)19-6-4-13(5-7-19,10(20)22-9-15)23-8-14(16,17)18/h4-9H2,1-3H3. The molecule has 0 aromatic rings. The Labute approximate surface area is 143 Å². The number of esters is 1. The first-order valence-electron chi connectivity index (χ1n) is 7.30. The lowest BCUT2D eigenvalue weighted by Gasteiger charge is -2.39. The molecule has 0 saturated carbocycles. The third kappa shape index (κ3) is 6.35. The molecular weight excluding hydrogens is 355 g/mol. The fourth-order valence-corrected chi connectivity index (χ4v) is 2.28. The van der Waals surface area contributed by atoms with Crippen molar-refractivity contribution in [2.75, 3.05) is 25.8 Å². The Balaban J connectivity index is 2.76. The van der Waals surface area contributed by atoms with E-state index in [2.05, 4.69) is 4.74 Å². The van der Waals surface area contributed by atoms with Gasteiger partial charge >= 0.3 is 18.2 Å². The van der Waals surface area contributed by atoms with E-state index in [0.717, 1.165) is 0 Å². The summed E-state index contributed by atoms with van der Waals surface area (Å²) in [6, 6.07) is -0.494. The number of carbonyl (C=O) groups excluding carboxylic acids is 2. The molecule has 1 fully saturated rings. The minimum absolute atomic E-state index is 0.00412. The van der Waals surface area contributed by atoms with Crippen molar-refractivity contribution < 1.29 is 37.0 Å². The van der Waals surface area contributed by atoms with Gasteiger partial charge in [0, 0.05) is 25.9 Å². The number of alkyl halides is 4. The second-order valence-electron chi connectivity index (χ2n) is 6.41. The summed E-state index contributed by atoms with van der Waals surface area (Å²) in [6.45, 7) is 3.52. The van der Waals surface area contributed by atoms with Gasteiger partial charge in [-0.05, 0) is 20.8 Å². The van der Waals surface area contributed by atoms with Crippen LogP contribution in [0.1, 0.15) is 33.6 Å². The summed E-state index contributed by atoms with van der Waals surface area (Å²) < 4.78 is 52.0. The van der Waals surface area contributed by atoms with Crippen LogP contribution in [0.25, 0.3) is 0 Å². The van der Waals surface area contributed by atoms with Gasteiger partial charge in [0.05, 0.1) is 0 Å². The zero-order valence-electron chi connectivity index (χ0n) is 13.7. The van der Waals surface area contributed by atoms with Crippen LogP contribution in [0.4, 0.5) is 18.0 Å². The van der Waals surface area contributed by atoms with E-state index in [4.69, 9.17) is 21.1 Å². The van der Waals surface area contributed by atoms with Crippen molar-refractivity contribution in [3.05, 3.63) is 0 Å². The summed E-state index contributed by atoms with van der Waals surface area (Å²) in [5.41, 5.74) is -2.47. The van der Waals surface area contributed by atoms with E-state index in [1.54, 1.807) is 20.8 Å². The van der Waals surface area contributed by atoms with Crippen LogP contribution in [0.5, 0.6) is 0 Å². The summed E-state index contributed by atoms with van der Waals surface area (Å²) in [5, 5.41) is 0. The van der Waals surface area contributed by atoms with Gasteiger partial charge in [-0.2, -0.15) is 13.2 Å². The molecule has 0 atom stereocenters. The number of piperidine rings is 1. The van der Waals surface area contributed by atoms with E-state index >= 15 is 0 Å². The maximum absolute atomic E-state index is 12.4. The van der Waals surface area contributed by atoms with Crippen molar-refractivity contribution in [3.8, 4) is 0 Å². The SMILES string of the molecule is CC(C)(C)OC(=O)N1CCC(OCC(F)(F)F)(C(=O)OCCl)CC1. The number of likely N-dealkylation sites (tertiary alicyclic amines) is 1. The molecule has 0 aliphatic carbocycles. The largest absolute Gasteiger partial charge is 0.447 e. The van der Waals surface area contributed by atoms with Crippen LogP contribution in [0.3, 0.4) is 0 Å². The topological polar surface area (TPSA) is 65.1 Å². The number of carbonyl (C=O) groups is 2. The lowest BCUT2D eigenvalue weighted by Crippen LogP contribution is -2.54. The number of nitrogens with zero attached hydrogens (tertiary/aromatic N) is 1. The number of hydrogen-bond acceptors (Lipinski definition) is 5. The third-order valence-electron chi connectivity index (χ3n) is 3.29. The number of halogens is 4. The molecule has 1 aliphatic rings. The van der Waals surface area contributed by atoms with Gasteiger partial charge < -0.3 is 19.1 Å². The Morgan fingerprint density at radius 2 is 1.71 bits per heavy atom. The first-order chi connectivity index (χ1) is 10.9. The minimum Gasteiger partial charge on any atom is -0.447 e. The highest BCUT2D eigenvalue weighted by Gasteiger charge is 2.47. The first kappa shape index (κ1) is 20.8. The van der Waals surface area contributed by atoms with E-state index in [1.807, 2.05) is 0 Å². The van der Waals surface area contributed by atoms with E-state index < -0.39 is 42.1 Å². The molecular formula is C14H21ClF3NO5. The smallest absolute Gasteiger partial charge is 0.411 e. The average Bonchev–Trinajstić information content (AvgIpc) is 2.43. The monoisotopic (exact) mass is 375 g/mol. The highest BCUT2D eigenvalue weighted by Crippen LogP contribution is 2.31. The molecule has 0 bridgehead atoms. The van der Waals surface area contributed by atoms with Gasteiger partial charge in [-0.25, -0.2) is 9.59 Å². The molecule has 140 valence electrons. The van der Waals surface area contributed by atoms with Crippen molar-refractivity contribution in [2.24, 2.45) is 0 Å². The molecule has 1 saturated heterocycles. The summed E-state index contributed by atoms with van der Waals surface area (Å²) in [6.07, 6.45) is -5.47. The van der Waals surface area contributed by atoms with Crippen LogP contribution in [0.15, 0.2) is 0 Å². The van der Waals surface area contributed by atoms with Crippen LogP contribution < -0.4 is 0 Å². The van der Waals surface area contributed by atoms with E-state index in [0.29, 0.717) is 0 Å². The highest BCUT2D eigenvalue weighted by molar-refractivity contribution is 6.17. The Morgan fingerprint density at radius 3 is 2.12 bits per heavy atom. The molecule has 1 rings (SSSR count). The highest BCUT2D eigenvalue weighted by atomic mass is 35.5. The van der Waals surface area contributed by atoms with Crippen molar-refractivity contribution in [1.82, 2.24) is 4.90 Å². The van der Waals surface area contributed by atoms with E-state index in [9.17, 15) is 22.8 Å². The van der Waals surface area contributed by atoms with Crippen LogP contribution in [0, 0.1) is 0 Å². The van der Waals surface area contributed by atoms with Gasteiger partial charge in [-0.1, -0.05) is 11.6 Å². The summed E-state index contributed by atoms with van der Waals surface area (Å²) in [7, 11) is 0. The maximum Gasteiger partial charge on any atom is 0.411 e. The first-order valence-corrected chi connectivity index (χ1v) is 7.84. The summed E-state index contributed by atoms with van der Waals surface area (Å²) in [5.74, 6) is -0.967. The van der Waals surface area contributed by atoms with E-state index in [1.165, 1.54) is 4.90 Å². The predicted molar refractivity (Wildman–Crippen MR) is 78.6 cm³/mol. The fourth-order valence-electron chi connectivity index (χ4n) is 2.19. The minimum atomic E-state index is -4.59. The van der Waals surface area contributed by atoms with Crippen LogP contribution in [-0.4, -0.2) is 60.1 Å². The lowest BCUT2D eigenvalue weighted by molar-refractivity contribution is -0.221.